The third-order valence-corrected chi connectivity index (χ3v) is 11.6. The molecule has 0 fully saturated rings. The Labute approximate surface area is 302 Å². The van der Waals surface area contributed by atoms with Crippen molar-refractivity contribution >= 4 is 54.3 Å². The first-order valence-electron chi connectivity index (χ1n) is 18.2. The van der Waals surface area contributed by atoms with E-state index in [-0.39, 0.29) is 5.41 Å². The maximum atomic E-state index is 6.15. The highest BCUT2D eigenvalue weighted by molar-refractivity contribution is 6.22. The molecule has 0 atom stereocenters. The van der Waals surface area contributed by atoms with Crippen molar-refractivity contribution in [2.75, 3.05) is 0 Å². The van der Waals surface area contributed by atoms with Gasteiger partial charge >= 0.3 is 0 Å². The topological polar surface area (TPSA) is 13.1 Å². The van der Waals surface area contributed by atoms with Crippen LogP contribution in [0.3, 0.4) is 0 Å². The standard InChI is InChI=1S/C51H34O/c1-51(2)44-25-23-35(30-43(44)50-36-15-4-3-12-31(36)22-26-45(50)51)49-40-19-7-5-17-38(40)48(39-18-6-8-20-41(39)49)34-14-11-13-32(28-34)33-24-27-47-42(29-33)37-16-9-10-21-46(37)52-47/h3-30H,1-2H3. The Kier molecular flexibility index (Phi) is 6.08. The molecule has 10 aromatic rings. The van der Waals surface area contributed by atoms with E-state index < -0.39 is 0 Å². The summed E-state index contributed by atoms with van der Waals surface area (Å²) in [6.45, 7) is 4.74. The molecule has 9 aromatic carbocycles. The minimum Gasteiger partial charge on any atom is -0.456 e. The molecule has 0 amide bonds. The van der Waals surface area contributed by atoms with Crippen molar-refractivity contribution in [3.8, 4) is 44.5 Å². The minimum atomic E-state index is -0.0680. The van der Waals surface area contributed by atoms with Gasteiger partial charge in [-0.25, -0.2) is 0 Å². The van der Waals surface area contributed by atoms with Gasteiger partial charge in [0.25, 0.3) is 0 Å². The lowest BCUT2D eigenvalue weighted by Crippen LogP contribution is -2.14. The van der Waals surface area contributed by atoms with Crippen molar-refractivity contribution in [3.05, 3.63) is 181 Å². The Hall–Kier alpha value is -6.44. The van der Waals surface area contributed by atoms with E-state index in [0.29, 0.717) is 0 Å². The molecule has 1 aliphatic rings. The predicted molar refractivity (Wildman–Crippen MR) is 220 cm³/mol. The van der Waals surface area contributed by atoms with Gasteiger partial charge in [-0.3, -0.25) is 0 Å². The van der Waals surface area contributed by atoms with Crippen molar-refractivity contribution in [1.82, 2.24) is 0 Å². The van der Waals surface area contributed by atoms with E-state index in [2.05, 4.69) is 172 Å². The highest BCUT2D eigenvalue weighted by atomic mass is 16.3. The Morgan fingerprint density at radius 2 is 0.885 bits per heavy atom. The normalized spacial score (nSPS) is 13.3. The minimum absolute atomic E-state index is 0.0680. The lowest BCUT2D eigenvalue weighted by Gasteiger charge is -2.22. The molecule has 1 aliphatic carbocycles. The van der Waals surface area contributed by atoms with Crippen LogP contribution in [-0.2, 0) is 5.41 Å². The number of hydrogen-bond acceptors (Lipinski definition) is 1. The van der Waals surface area contributed by atoms with Crippen LogP contribution in [0, 0.1) is 0 Å². The first-order chi connectivity index (χ1) is 25.5. The van der Waals surface area contributed by atoms with Gasteiger partial charge in [-0.2, -0.15) is 0 Å². The van der Waals surface area contributed by atoms with E-state index in [4.69, 9.17) is 4.42 Å². The summed E-state index contributed by atoms with van der Waals surface area (Å²) in [5.41, 5.74) is 14.7. The smallest absolute Gasteiger partial charge is 0.135 e. The fourth-order valence-corrected chi connectivity index (χ4v) is 9.19. The predicted octanol–water partition coefficient (Wildman–Crippen LogP) is 14.4. The van der Waals surface area contributed by atoms with E-state index in [9.17, 15) is 0 Å². The van der Waals surface area contributed by atoms with Gasteiger partial charge in [-0.15, -0.1) is 0 Å². The molecule has 1 nitrogen and oxygen atoms in total. The van der Waals surface area contributed by atoms with Crippen LogP contribution in [0.5, 0.6) is 0 Å². The SMILES string of the molecule is CC1(C)c2ccc(-c3c4ccccc4c(-c4cccc(-c5ccc6oc7ccccc7c6c5)c4)c4ccccc34)cc2-c2c1ccc1ccccc21. The summed E-state index contributed by atoms with van der Waals surface area (Å²) < 4.78 is 6.15. The zero-order valence-corrected chi connectivity index (χ0v) is 29.1. The van der Waals surface area contributed by atoms with Crippen LogP contribution in [0.4, 0.5) is 0 Å². The monoisotopic (exact) mass is 662 g/mol. The molecule has 1 heterocycles. The molecule has 0 N–H and O–H groups in total. The Bertz CT molecular complexity index is 3040. The Morgan fingerprint density at radius 1 is 0.346 bits per heavy atom. The van der Waals surface area contributed by atoms with Gasteiger partial charge in [0.05, 0.1) is 0 Å². The van der Waals surface area contributed by atoms with E-state index in [1.165, 1.54) is 88.0 Å². The van der Waals surface area contributed by atoms with Crippen molar-refractivity contribution < 1.29 is 4.42 Å². The second kappa shape index (κ2) is 10.8. The van der Waals surface area contributed by atoms with Crippen LogP contribution < -0.4 is 0 Å². The molecule has 0 bridgehead atoms. The average Bonchev–Trinajstić information content (AvgIpc) is 3.68. The van der Waals surface area contributed by atoms with Crippen LogP contribution in [0.15, 0.2) is 174 Å². The number of hydrogen-bond donors (Lipinski definition) is 0. The summed E-state index contributed by atoms with van der Waals surface area (Å²) in [6, 6.07) is 62.5. The summed E-state index contributed by atoms with van der Waals surface area (Å²) >= 11 is 0. The van der Waals surface area contributed by atoms with Gasteiger partial charge in [0, 0.05) is 16.2 Å². The highest BCUT2D eigenvalue weighted by Crippen LogP contribution is 2.53. The largest absolute Gasteiger partial charge is 0.456 e. The van der Waals surface area contributed by atoms with Crippen LogP contribution in [0.25, 0.3) is 98.8 Å². The first-order valence-corrected chi connectivity index (χ1v) is 18.2. The number of benzene rings is 9. The quantitative estimate of drug-likeness (QED) is 0.172. The second-order valence-electron chi connectivity index (χ2n) is 14.8. The fourth-order valence-electron chi connectivity index (χ4n) is 9.19. The number of fused-ring (bicyclic) bond motifs is 10. The highest BCUT2D eigenvalue weighted by Gasteiger charge is 2.36. The summed E-state index contributed by atoms with van der Waals surface area (Å²) in [4.78, 5) is 0. The van der Waals surface area contributed by atoms with E-state index >= 15 is 0 Å². The molecule has 52 heavy (non-hydrogen) atoms. The zero-order chi connectivity index (χ0) is 34.6. The summed E-state index contributed by atoms with van der Waals surface area (Å²) in [7, 11) is 0. The molecule has 0 spiro atoms. The van der Waals surface area contributed by atoms with Crippen LogP contribution >= 0.6 is 0 Å². The molecule has 1 heteroatoms. The number of rotatable bonds is 3. The van der Waals surface area contributed by atoms with Crippen LogP contribution in [0.2, 0.25) is 0 Å². The van der Waals surface area contributed by atoms with E-state index in [1.54, 1.807) is 0 Å². The maximum absolute atomic E-state index is 6.15. The average molecular weight is 663 g/mol. The Morgan fingerprint density at radius 3 is 1.62 bits per heavy atom. The lowest BCUT2D eigenvalue weighted by molar-refractivity contribution is 0.661. The van der Waals surface area contributed by atoms with Crippen molar-refractivity contribution in [2.45, 2.75) is 19.3 Å². The van der Waals surface area contributed by atoms with Gasteiger partial charge in [-0.1, -0.05) is 153 Å². The zero-order valence-electron chi connectivity index (χ0n) is 29.1. The molecule has 244 valence electrons. The first kappa shape index (κ1) is 29.3. The fraction of sp³-hybridized carbons (Fsp3) is 0.0588. The molecule has 0 unspecified atom stereocenters. The van der Waals surface area contributed by atoms with Gasteiger partial charge in [-0.05, 0) is 118 Å². The molecule has 1 aromatic heterocycles. The molecular weight excluding hydrogens is 629 g/mol. The molecule has 0 saturated heterocycles. The van der Waals surface area contributed by atoms with Gasteiger partial charge < -0.3 is 4.42 Å². The van der Waals surface area contributed by atoms with Gasteiger partial charge in [0.1, 0.15) is 11.2 Å². The molecular formula is C51H34O. The van der Waals surface area contributed by atoms with Crippen molar-refractivity contribution in [1.29, 1.82) is 0 Å². The second-order valence-corrected chi connectivity index (χ2v) is 14.8. The van der Waals surface area contributed by atoms with Crippen LogP contribution in [-0.4, -0.2) is 0 Å². The van der Waals surface area contributed by atoms with Gasteiger partial charge in [0.2, 0.25) is 0 Å². The van der Waals surface area contributed by atoms with Crippen molar-refractivity contribution in [3.63, 3.8) is 0 Å². The number of furan rings is 1. The molecule has 0 saturated carbocycles. The molecule has 0 aliphatic heterocycles. The summed E-state index contributed by atoms with van der Waals surface area (Å²) in [5, 5.41) is 9.96. The van der Waals surface area contributed by atoms with E-state index in [1.807, 2.05) is 12.1 Å². The van der Waals surface area contributed by atoms with E-state index in [0.717, 1.165) is 21.9 Å². The maximum Gasteiger partial charge on any atom is 0.135 e. The number of para-hydroxylation sites is 1. The third-order valence-electron chi connectivity index (χ3n) is 11.6. The van der Waals surface area contributed by atoms with Crippen molar-refractivity contribution in [2.24, 2.45) is 0 Å². The van der Waals surface area contributed by atoms with Gasteiger partial charge in [0.15, 0.2) is 0 Å². The molecule has 11 rings (SSSR count). The lowest BCUT2D eigenvalue weighted by atomic mass is 9.81. The van der Waals surface area contributed by atoms with Crippen LogP contribution in [0.1, 0.15) is 25.0 Å². The third kappa shape index (κ3) is 4.11. The summed E-state index contributed by atoms with van der Waals surface area (Å²) in [5.74, 6) is 0. The Balaban J connectivity index is 1.13. The molecule has 0 radical (unpaired) electrons. The summed E-state index contributed by atoms with van der Waals surface area (Å²) in [6.07, 6.45) is 0.